The maximum atomic E-state index is 14.3. The number of nitrogens with one attached hydrogen (secondary N) is 2. The lowest BCUT2D eigenvalue weighted by molar-refractivity contribution is -0.138. The Balaban J connectivity index is 1.48. The molecule has 4 aromatic rings. The monoisotopic (exact) mass is 670 g/mol. The number of hydrogen-bond donors (Lipinski definition) is 2. The first-order valence-corrected chi connectivity index (χ1v) is 14.7. The van der Waals surface area contributed by atoms with Crippen LogP contribution >= 0.6 is 0 Å². The predicted molar refractivity (Wildman–Crippen MR) is 161 cm³/mol. The molecule has 10 nitrogen and oxygen atoms in total. The molecule has 0 spiro atoms. The highest BCUT2D eigenvalue weighted by molar-refractivity contribution is 6.10. The molecule has 1 amide bonds. The summed E-state index contributed by atoms with van der Waals surface area (Å²) in [6.07, 6.45) is -7.16. The third-order valence-corrected chi connectivity index (χ3v) is 8.25. The molecule has 2 N–H and O–H groups in total. The fourth-order valence-electron chi connectivity index (χ4n) is 5.61. The molecule has 1 saturated carbocycles. The Labute approximate surface area is 270 Å². The second-order valence-electron chi connectivity index (χ2n) is 11.7. The highest BCUT2D eigenvalue weighted by Gasteiger charge is 2.44. The van der Waals surface area contributed by atoms with Gasteiger partial charge >= 0.3 is 12.4 Å². The zero-order valence-electron chi connectivity index (χ0n) is 25.6. The quantitative estimate of drug-likeness (QED) is 0.157. The number of carbonyl (C=O) groups excluding carboxylic acids is 1. The number of nitrogens with zero attached hydrogens (tertiary/aromatic N) is 6. The van der Waals surface area contributed by atoms with Gasteiger partial charge in [0.2, 0.25) is 0 Å². The first kappa shape index (κ1) is 32.9. The van der Waals surface area contributed by atoms with Crippen LogP contribution in [0, 0.1) is 11.3 Å². The Morgan fingerprint density at radius 2 is 1.79 bits per heavy atom. The summed E-state index contributed by atoms with van der Waals surface area (Å²) in [4.78, 5) is 19.4. The van der Waals surface area contributed by atoms with Crippen molar-refractivity contribution in [1.29, 1.82) is 5.26 Å². The van der Waals surface area contributed by atoms with Crippen LogP contribution in [-0.2, 0) is 37.2 Å². The van der Waals surface area contributed by atoms with Gasteiger partial charge in [-0.05, 0) is 77.6 Å². The molecule has 1 aliphatic heterocycles. The van der Waals surface area contributed by atoms with E-state index in [1.165, 1.54) is 42.3 Å². The molecular weight excluding hydrogens is 642 g/mol. The number of anilines is 2. The van der Waals surface area contributed by atoms with Crippen molar-refractivity contribution < 1.29 is 35.9 Å². The molecule has 2 aromatic heterocycles. The van der Waals surface area contributed by atoms with Crippen LogP contribution in [0.25, 0.3) is 22.5 Å². The Morgan fingerprint density at radius 3 is 2.42 bits per heavy atom. The van der Waals surface area contributed by atoms with Crippen LogP contribution in [0.3, 0.4) is 0 Å². The van der Waals surface area contributed by atoms with Gasteiger partial charge in [0.15, 0.2) is 5.82 Å². The number of aryl methyl sites for hydroxylation is 1. The molecule has 16 heteroatoms. The normalized spacial score (nSPS) is 15.4. The topological polar surface area (TPSA) is 121 Å². The van der Waals surface area contributed by atoms with E-state index in [9.17, 15) is 36.4 Å². The molecular formula is C32H28F6N8O2. The van der Waals surface area contributed by atoms with Gasteiger partial charge in [-0.15, -0.1) is 10.2 Å². The summed E-state index contributed by atoms with van der Waals surface area (Å²) < 4.78 is 91.3. The number of nitriles is 1. The summed E-state index contributed by atoms with van der Waals surface area (Å²) in [6.45, 7) is 0.265. The lowest BCUT2D eigenvalue weighted by Gasteiger charge is -2.20. The van der Waals surface area contributed by atoms with E-state index >= 15 is 0 Å². The van der Waals surface area contributed by atoms with Crippen molar-refractivity contribution in [3.05, 3.63) is 76.6 Å². The second-order valence-corrected chi connectivity index (χ2v) is 11.7. The number of ether oxygens (including phenoxy) is 1. The molecule has 3 heterocycles. The maximum Gasteiger partial charge on any atom is 0.416 e. The number of pyridine rings is 1. The molecule has 250 valence electrons. The number of amides is 1. The van der Waals surface area contributed by atoms with Crippen molar-refractivity contribution in [3.63, 3.8) is 0 Å². The number of halogens is 6. The highest BCUT2D eigenvalue weighted by atomic mass is 19.4. The van der Waals surface area contributed by atoms with Crippen LogP contribution in [-0.4, -0.2) is 51.5 Å². The Kier molecular flexibility index (Phi) is 8.38. The van der Waals surface area contributed by atoms with Gasteiger partial charge < -0.3 is 19.9 Å². The molecule has 1 fully saturated rings. The summed E-state index contributed by atoms with van der Waals surface area (Å²) in [5, 5.41) is 23.6. The van der Waals surface area contributed by atoms with E-state index < -0.39 is 41.5 Å². The SMILES string of the molecule is COCCNCc1cc2c(c(C(F)(F)F)c1)CN(c1cc(-c3cc(C(F)(F)F)ccc3-c3nncn3C)cc(NC3(C#N)CC3)n1)C2=O. The Bertz CT molecular complexity index is 1930. The average Bonchev–Trinajstić information content (AvgIpc) is 3.55. The first-order valence-electron chi connectivity index (χ1n) is 14.7. The number of benzene rings is 2. The minimum Gasteiger partial charge on any atom is -0.383 e. The van der Waals surface area contributed by atoms with Gasteiger partial charge in [-0.2, -0.15) is 31.6 Å². The summed E-state index contributed by atoms with van der Waals surface area (Å²) in [5.41, 5.74) is -2.60. The van der Waals surface area contributed by atoms with Gasteiger partial charge in [0.25, 0.3) is 5.91 Å². The van der Waals surface area contributed by atoms with Gasteiger partial charge in [0, 0.05) is 38.4 Å². The molecule has 0 atom stereocenters. The van der Waals surface area contributed by atoms with Crippen LogP contribution in [0.15, 0.2) is 48.8 Å². The van der Waals surface area contributed by atoms with Gasteiger partial charge in [-0.3, -0.25) is 9.69 Å². The van der Waals surface area contributed by atoms with E-state index in [2.05, 4.69) is 31.9 Å². The average molecular weight is 671 g/mol. The van der Waals surface area contributed by atoms with Gasteiger partial charge in [-0.1, -0.05) is 0 Å². The van der Waals surface area contributed by atoms with Gasteiger partial charge in [0.1, 0.15) is 23.5 Å². The molecule has 2 aliphatic rings. The molecule has 48 heavy (non-hydrogen) atoms. The van der Waals surface area contributed by atoms with Crippen LogP contribution < -0.4 is 15.5 Å². The number of carbonyl (C=O) groups is 1. The summed E-state index contributed by atoms with van der Waals surface area (Å²) >= 11 is 0. The van der Waals surface area contributed by atoms with Crippen LogP contribution in [0.5, 0.6) is 0 Å². The molecule has 0 saturated heterocycles. The van der Waals surface area contributed by atoms with Crippen molar-refractivity contribution in [1.82, 2.24) is 25.1 Å². The van der Waals surface area contributed by atoms with E-state index in [-0.39, 0.29) is 57.4 Å². The first-order chi connectivity index (χ1) is 22.7. The molecule has 6 rings (SSSR count). The number of rotatable bonds is 10. The lowest BCUT2D eigenvalue weighted by Crippen LogP contribution is -2.25. The van der Waals surface area contributed by atoms with Gasteiger partial charge in [0.05, 0.1) is 30.3 Å². The molecule has 1 aliphatic carbocycles. The molecule has 0 radical (unpaired) electrons. The Hall–Kier alpha value is -5.01. The standard InChI is InChI=1S/C32H28F6N8O2/c1-45-17-41-44-28(45)21-4-3-20(31(33,34)35)13-22(21)19-11-26(43-30(16-39)5-6-30)42-27(12-19)46-15-24-23(29(46)47)9-18(14-40-7-8-48-2)10-25(24)32(36,37)38/h3-4,9-13,17,40H,5-8,14-15H2,1-2H3,(H,42,43). The number of alkyl halides is 6. The zero-order valence-corrected chi connectivity index (χ0v) is 25.6. The number of fused-ring (bicyclic) bond motifs is 1. The van der Waals surface area contributed by atoms with Crippen molar-refractivity contribution >= 4 is 17.5 Å². The fourth-order valence-corrected chi connectivity index (χ4v) is 5.61. The van der Waals surface area contributed by atoms with E-state index in [1.54, 1.807) is 7.05 Å². The number of methoxy groups -OCH3 is 1. The Morgan fingerprint density at radius 1 is 1.02 bits per heavy atom. The van der Waals surface area contributed by atoms with E-state index in [1.807, 2.05) is 0 Å². The third-order valence-electron chi connectivity index (χ3n) is 8.25. The lowest BCUT2D eigenvalue weighted by atomic mass is 9.96. The van der Waals surface area contributed by atoms with Crippen molar-refractivity contribution in [3.8, 4) is 28.6 Å². The molecule has 0 bridgehead atoms. The fraction of sp³-hybridized carbons (Fsp3) is 0.344. The summed E-state index contributed by atoms with van der Waals surface area (Å²) in [7, 11) is 3.11. The molecule has 2 aromatic carbocycles. The largest absolute Gasteiger partial charge is 0.416 e. The maximum absolute atomic E-state index is 14.3. The van der Waals surface area contributed by atoms with Crippen LogP contribution in [0.2, 0.25) is 0 Å². The highest BCUT2D eigenvalue weighted by Crippen LogP contribution is 2.44. The summed E-state index contributed by atoms with van der Waals surface area (Å²) in [5.74, 6) is -0.568. The van der Waals surface area contributed by atoms with Crippen LogP contribution in [0.1, 0.15) is 45.5 Å². The van der Waals surface area contributed by atoms with Crippen LogP contribution in [0.4, 0.5) is 38.0 Å². The molecule has 0 unspecified atom stereocenters. The van der Waals surface area contributed by atoms with Crippen molar-refractivity contribution in [2.75, 3.05) is 30.5 Å². The second kappa shape index (κ2) is 12.2. The van der Waals surface area contributed by atoms with Crippen molar-refractivity contribution in [2.45, 2.75) is 43.8 Å². The minimum atomic E-state index is -4.78. The number of hydrogen-bond acceptors (Lipinski definition) is 8. The van der Waals surface area contributed by atoms with Gasteiger partial charge in [-0.25, -0.2) is 4.98 Å². The van der Waals surface area contributed by atoms with E-state index in [4.69, 9.17) is 4.74 Å². The minimum absolute atomic E-state index is 0.0470. The smallest absolute Gasteiger partial charge is 0.383 e. The van der Waals surface area contributed by atoms with E-state index in [0.29, 0.717) is 26.0 Å². The van der Waals surface area contributed by atoms with E-state index in [0.717, 1.165) is 23.1 Å². The zero-order chi connectivity index (χ0) is 34.4. The summed E-state index contributed by atoms with van der Waals surface area (Å²) in [6, 6.07) is 10.4. The number of aromatic nitrogens is 4. The predicted octanol–water partition coefficient (Wildman–Crippen LogP) is 5.95. The van der Waals surface area contributed by atoms with Crippen molar-refractivity contribution in [2.24, 2.45) is 7.05 Å². The third kappa shape index (κ3) is 6.43.